The molecule has 0 bridgehead atoms. The van der Waals surface area contributed by atoms with Gasteiger partial charge in [0.25, 0.3) is 0 Å². The van der Waals surface area contributed by atoms with Gasteiger partial charge in [-0.25, -0.2) is 4.98 Å². The van der Waals surface area contributed by atoms with Gasteiger partial charge in [-0.05, 0) is 18.3 Å². The predicted octanol–water partition coefficient (Wildman–Crippen LogP) is 4.35. The van der Waals surface area contributed by atoms with E-state index in [-0.39, 0.29) is 5.91 Å². The van der Waals surface area contributed by atoms with Crippen molar-refractivity contribution in [2.24, 2.45) is 17.3 Å². The fraction of sp³-hybridized carbons (Fsp3) is 0.538. The molecule has 3 nitrogen and oxygen atoms in total. The molecule has 2 atom stereocenters. The van der Waals surface area contributed by atoms with E-state index in [4.69, 9.17) is 11.6 Å². The maximum Gasteiger partial charge on any atom is 0.426 e. The van der Waals surface area contributed by atoms with E-state index in [1.807, 2.05) is 6.92 Å². The second-order valence-corrected chi connectivity index (χ2v) is 7.24. The summed E-state index contributed by atoms with van der Waals surface area (Å²) < 4.78 is 37.4. The zero-order valence-electron chi connectivity index (χ0n) is 11.6. The van der Waals surface area contributed by atoms with E-state index in [0.717, 1.165) is 11.0 Å². The molecule has 21 heavy (non-hydrogen) atoms. The number of carbonyl (C=O) groups is 1. The monoisotopic (exact) mass is 338 g/mol. The molecule has 2 unspecified atom stereocenters. The van der Waals surface area contributed by atoms with E-state index in [9.17, 15) is 18.0 Å². The molecular formula is C13H14ClF3N2OS. The molecule has 1 aliphatic rings. The zero-order valence-corrected chi connectivity index (χ0v) is 13.2. The van der Waals surface area contributed by atoms with Crippen LogP contribution in [0.2, 0.25) is 0 Å². The molecule has 116 valence electrons. The van der Waals surface area contributed by atoms with Crippen molar-refractivity contribution in [3.05, 3.63) is 22.2 Å². The summed E-state index contributed by atoms with van der Waals surface area (Å²) in [6, 6.07) is 0. The average Bonchev–Trinajstić information content (AvgIpc) is 2.65. The van der Waals surface area contributed by atoms with Crippen molar-refractivity contribution in [2.75, 3.05) is 5.32 Å². The van der Waals surface area contributed by atoms with Gasteiger partial charge in [-0.2, -0.15) is 13.2 Å². The number of anilines is 1. The summed E-state index contributed by atoms with van der Waals surface area (Å²) in [4.78, 5) is 17.1. The molecular weight excluding hydrogens is 325 g/mol. The summed E-state index contributed by atoms with van der Waals surface area (Å²) in [7, 11) is 0. The van der Waals surface area contributed by atoms with Gasteiger partial charge in [0.15, 0.2) is 5.13 Å². The lowest BCUT2D eigenvalue weighted by Gasteiger charge is -2.04. The van der Waals surface area contributed by atoms with Crippen LogP contribution < -0.4 is 5.32 Å². The Morgan fingerprint density at radius 2 is 2.14 bits per heavy atom. The number of thiazole rings is 1. The van der Waals surface area contributed by atoms with Gasteiger partial charge in [0.2, 0.25) is 5.91 Å². The van der Waals surface area contributed by atoms with Crippen molar-refractivity contribution in [3.63, 3.8) is 0 Å². The van der Waals surface area contributed by atoms with Crippen molar-refractivity contribution < 1.29 is 18.0 Å². The first-order chi connectivity index (χ1) is 9.53. The molecule has 0 spiro atoms. The van der Waals surface area contributed by atoms with Crippen molar-refractivity contribution >= 4 is 34.0 Å². The molecule has 1 aromatic heterocycles. The van der Waals surface area contributed by atoms with Gasteiger partial charge in [0.05, 0.1) is 5.92 Å². The highest BCUT2D eigenvalue weighted by molar-refractivity contribution is 7.15. The van der Waals surface area contributed by atoms with E-state index >= 15 is 0 Å². The largest absolute Gasteiger partial charge is 0.426 e. The summed E-state index contributed by atoms with van der Waals surface area (Å²) in [6.45, 7) is 5.33. The second-order valence-electron chi connectivity index (χ2n) is 5.60. The van der Waals surface area contributed by atoms with Crippen LogP contribution in [0.1, 0.15) is 18.7 Å². The van der Waals surface area contributed by atoms with E-state index in [1.54, 1.807) is 20.0 Å². The summed E-state index contributed by atoms with van der Waals surface area (Å²) >= 11 is 6.56. The topological polar surface area (TPSA) is 42.0 Å². The van der Waals surface area contributed by atoms with E-state index in [0.29, 0.717) is 5.13 Å². The zero-order chi connectivity index (χ0) is 16.0. The number of aryl methyl sites for hydroxylation is 1. The quantitative estimate of drug-likeness (QED) is 0.890. The number of nitrogens with one attached hydrogen (secondary N) is 1. The highest BCUT2D eigenvalue weighted by Gasteiger charge is 2.61. The van der Waals surface area contributed by atoms with Crippen molar-refractivity contribution in [1.29, 1.82) is 0 Å². The van der Waals surface area contributed by atoms with Crippen LogP contribution in [0.4, 0.5) is 18.3 Å². The number of nitrogens with zero attached hydrogens (tertiary/aromatic N) is 1. The minimum absolute atomic E-state index is 0.331. The fourth-order valence-electron chi connectivity index (χ4n) is 2.34. The molecule has 2 rings (SSSR count). The third kappa shape index (κ3) is 3.40. The Bertz CT molecular complexity index is 594. The first kappa shape index (κ1) is 16.3. The number of rotatable bonds is 3. The molecule has 1 amide bonds. The standard InChI is InChI=1S/C13H14ClF3N2OS/c1-6-5-18-11(21-6)19-10(20)9-7(12(9,2)3)4-8(14)13(15,16)17/h4-5,7,9H,1-3H3,(H,18,19,20)/b8-4-. The summed E-state index contributed by atoms with van der Waals surface area (Å²) in [5.41, 5.74) is -0.554. The normalized spacial score (nSPS) is 24.8. The molecule has 1 aromatic rings. The van der Waals surface area contributed by atoms with Gasteiger partial charge in [-0.3, -0.25) is 4.79 Å². The number of hydrogen-bond donors (Lipinski definition) is 1. The van der Waals surface area contributed by atoms with Gasteiger partial charge in [0, 0.05) is 11.1 Å². The lowest BCUT2D eigenvalue weighted by Crippen LogP contribution is -2.16. The van der Waals surface area contributed by atoms with Crippen molar-refractivity contribution in [1.82, 2.24) is 4.98 Å². The van der Waals surface area contributed by atoms with Gasteiger partial charge in [0.1, 0.15) is 5.03 Å². The molecule has 1 fully saturated rings. The molecule has 8 heteroatoms. The average molecular weight is 339 g/mol. The fourth-order valence-corrected chi connectivity index (χ4v) is 3.14. The Labute approximate surface area is 129 Å². The third-order valence-corrected chi connectivity index (χ3v) is 4.81. The van der Waals surface area contributed by atoms with Gasteiger partial charge in [-0.15, -0.1) is 11.3 Å². The first-order valence-corrected chi connectivity index (χ1v) is 7.40. The first-order valence-electron chi connectivity index (χ1n) is 6.21. The van der Waals surface area contributed by atoms with E-state index in [2.05, 4.69) is 10.3 Å². The van der Waals surface area contributed by atoms with Gasteiger partial charge >= 0.3 is 6.18 Å². The second kappa shape index (κ2) is 5.28. The number of allylic oxidation sites excluding steroid dienone is 2. The number of amides is 1. The number of hydrogen-bond acceptors (Lipinski definition) is 3. The number of alkyl halides is 3. The highest BCUT2D eigenvalue weighted by atomic mass is 35.5. The third-order valence-electron chi connectivity index (χ3n) is 3.64. The molecule has 1 saturated carbocycles. The van der Waals surface area contributed by atoms with Crippen LogP contribution in [0, 0.1) is 24.2 Å². The smallest absolute Gasteiger partial charge is 0.302 e. The number of aromatic nitrogens is 1. The molecule has 0 saturated heterocycles. The van der Waals surface area contributed by atoms with Crippen LogP contribution in [0.25, 0.3) is 0 Å². The predicted molar refractivity (Wildman–Crippen MR) is 76.2 cm³/mol. The number of halogens is 4. The van der Waals surface area contributed by atoms with Crippen LogP contribution in [0.5, 0.6) is 0 Å². The molecule has 0 aromatic carbocycles. The Morgan fingerprint density at radius 1 is 1.52 bits per heavy atom. The summed E-state index contributed by atoms with van der Waals surface area (Å²) in [5.74, 6) is -1.41. The highest BCUT2D eigenvalue weighted by Crippen LogP contribution is 2.60. The van der Waals surface area contributed by atoms with Gasteiger partial charge in [-0.1, -0.05) is 31.5 Å². The molecule has 1 N–H and O–H groups in total. The maximum atomic E-state index is 12.5. The van der Waals surface area contributed by atoms with E-state index < -0.39 is 28.5 Å². The lowest BCUT2D eigenvalue weighted by atomic mass is 10.1. The summed E-state index contributed by atoms with van der Waals surface area (Å²) in [6.07, 6.45) is -2.02. The minimum atomic E-state index is -4.58. The van der Waals surface area contributed by atoms with Crippen LogP contribution >= 0.6 is 22.9 Å². The Morgan fingerprint density at radius 3 is 2.62 bits per heavy atom. The molecule has 0 radical (unpaired) electrons. The minimum Gasteiger partial charge on any atom is -0.302 e. The van der Waals surface area contributed by atoms with Gasteiger partial charge < -0.3 is 5.32 Å². The van der Waals surface area contributed by atoms with Crippen LogP contribution in [-0.2, 0) is 4.79 Å². The Balaban J connectivity index is 2.09. The van der Waals surface area contributed by atoms with Crippen LogP contribution in [0.3, 0.4) is 0 Å². The summed E-state index contributed by atoms with van der Waals surface area (Å²) in [5, 5.41) is 1.91. The molecule has 1 aliphatic carbocycles. The van der Waals surface area contributed by atoms with Crippen molar-refractivity contribution in [2.45, 2.75) is 26.9 Å². The molecule has 1 heterocycles. The van der Waals surface area contributed by atoms with Crippen LogP contribution in [-0.4, -0.2) is 17.1 Å². The lowest BCUT2D eigenvalue weighted by molar-refractivity contribution is -0.118. The SMILES string of the molecule is Cc1cnc(NC(=O)C2C(/C=C(\Cl)C(F)(F)F)C2(C)C)s1. The Kier molecular flexibility index (Phi) is 4.10. The van der Waals surface area contributed by atoms with Crippen LogP contribution in [0.15, 0.2) is 17.3 Å². The van der Waals surface area contributed by atoms with E-state index in [1.165, 1.54) is 11.3 Å². The number of carbonyl (C=O) groups excluding carboxylic acids is 1. The maximum absolute atomic E-state index is 12.5. The Hall–Kier alpha value is -1.08. The van der Waals surface area contributed by atoms with Crippen molar-refractivity contribution in [3.8, 4) is 0 Å². The molecule has 0 aliphatic heterocycles.